The van der Waals surface area contributed by atoms with Crippen molar-refractivity contribution in [2.75, 3.05) is 27.9 Å². The minimum atomic E-state index is -0.268. The Morgan fingerprint density at radius 2 is 1.44 bits per heavy atom. The van der Waals surface area contributed by atoms with E-state index in [9.17, 15) is 4.39 Å². The van der Waals surface area contributed by atoms with Crippen LogP contribution in [0.4, 0.5) is 4.39 Å². The minimum absolute atomic E-state index is 0.268. The smallest absolute Gasteiger partial charge is 0.175 e. The maximum Gasteiger partial charge on any atom is 0.175 e. The van der Waals surface area contributed by atoms with Gasteiger partial charge >= 0.3 is 0 Å². The molecule has 0 atom stereocenters. The van der Waals surface area contributed by atoms with Crippen LogP contribution in [0.3, 0.4) is 0 Å². The van der Waals surface area contributed by atoms with E-state index >= 15 is 0 Å². The molecular weight excluding hydrogens is 477 g/mol. The Kier molecular flexibility index (Phi) is 8.76. The zero-order chi connectivity index (χ0) is 22.9. The molecule has 1 N–H and O–H groups in total. The van der Waals surface area contributed by atoms with Gasteiger partial charge in [-0.05, 0) is 82.0 Å². The Morgan fingerprint density at radius 3 is 2.12 bits per heavy atom. The highest BCUT2D eigenvalue weighted by Crippen LogP contribution is 2.37. The van der Waals surface area contributed by atoms with Crippen LogP contribution in [0.1, 0.15) is 16.7 Å². The summed E-state index contributed by atoms with van der Waals surface area (Å²) >= 11 is 3.58. The first kappa shape index (κ1) is 23.9. The number of hydrogen-bond acceptors (Lipinski definition) is 5. The maximum atomic E-state index is 13.1. The number of hydrogen-bond donors (Lipinski definition) is 1. The van der Waals surface area contributed by atoms with Gasteiger partial charge in [0.15, 0.2) is 23.0 Å². The van der Waals surface area contributed by atoms with Crippen LogP contribution in [-0.4, -0.2) is 27.9 Å². The van der Waals surface area contributed by atoms with Crippen LogP contribution < -0.4 is 24.3 Å². The largest absolute Gasteiger partial charge is 0.493 e. The second-order valence-electron chi connectivity index (χ2n) is 7.14. The molecule has 0 aliphatic heterocycles. The number of ether oxygens (including phenoxy) is 4. The van der Waals surface area contributed by atoms with Gasteiger partial charge in [-0.3, -0.25) is 0 Å². The minimum Gasteiger partial charge on any atom is -0.493 e. The van der Waals surface area contributed by atoms with E-state index < -0.39 is 0 Å². The van der Waals surface area contributed by atoms with E-state index in [0.29, 0.717) is 24.7 Å². The van der Waals surface area contributed by atoms with Crippen LogP contribution in [0, 0.1) is 5.82 Å². The fourth-order valence-corrected chi connectivity index (χ4v) is 3.86. The fourth-order valence-electron chi connectivity index (χ4n) is 3.25. The molecular formula is C25H27BrFNO4. The normalized spacial score (nSPS) is 10.7. The summed E-state index contributed by atoms with van der Waals surface area (Å²) in [4.78, 5) is 0. The fraction of sp³-hybridized carbons (Fsp3) is 0.280. The highest BCUT2D eigenvalue weighted by Gasteiger charge is 2.12. The van der Waals surface area contributed by atoms with E-state index in [4.69, 9.17) is 18.9 Å². The number of nitrogens with one attached hydrogen (secondary N) is 1. The van der Waals surface area contributed by atoms with Crippen molar-refractivity contribution in [3.05, 3.63) is 81.6 Å². The molecule has 0 saturated heterocycles. The van der Waals surface area contributed by atoms with Gasteiger partial charge in [-0.2, -0.15) is 0 Å². The van der Waals surface area contributed by atoms with Crippen molar-refractivity contribution < 1.29 is 23.3 Å². The summed E-state index contributed by atoms with van der Waals surface area (Å²) < 4.78 is 36.0. The summed E-state index contributed by atoms with van der Waals surface area (Å²) in [5.41, 5.74) is 3.11. The molecule has 0 aliphatic carbocycles. The van der Waals surface area contributed by atoms with Gasteiger partial charge in [0, 0.05) is 6.54 Å². The molecule has 3 aromatic carbocycles. The SMILES string of the molecule is COc1ccc(CCNCc2cc(Br)c(OCc3ccc(F)cc3)c(OC)c2)cc1OC. The van der Waals surface area contributed by atoms with E-state index in [0.717, 1.165) is 40.1 Å². The number of benzene rings is 3. The Morgan fingerprint density at radius 1 is 0.781 bits per heavy atom. The lowest BCUT2D eigenvalue weighted by Gasteiger charge is -2.15. The molecule has 0 bridgehead atoms. The van der Waals surface area contributed by atoms with Gasteiger partial charge in [-0.25, -0.2) is 4.39 Å². The van der Waals surface area contributed by atoms with E-state index in [1.54, 1.807) is 33.5 Å². The molecule has 0 radical (unpaired) electrons. The number of halogens is 2. The van der Waals surface area contributed by atoms with Gasteiger partial charge in [0.1, 0.15) is 12.4 Å². The molecule has 0 heterocycles. The van der Waals surface area contributed by atoms with Gasteiger partial charge < -0.3 is 24.3 Å². The summed E-state index contributed by atoms with van der Waals surface area (Å²) in [5.74, 6) is 2.44. The predicted molar refractivity (Wildman–Crippen MR) is 126 cm³/mol. The molecule has 0 amide bonds. The Bertz CT molecular complexity index is 1030. The molecule has 170 valence electrons. The summed E-state index contributed by atoms with van der Waals surface area (Å²) in [7, 11) is 4.88. The molecule has 0 unspecified atom stereocenters. The second kappa shape index (κ2) is 11.7. The predicted octanol–water partition coefficient (Wildman–Crippen LogP) is 5.53. The van der Waals surface area contributed by atoms with Crippen molar-refractivity contribution in [1.82, 2.24) is 5.32 Å². The first-order valence-corrected chi connectivity index (χ1v) is 11.0. The summed E-state index contributed by atoms with van der Waals surface area (Å²) in [6, 6.07) is 16.1. The third-order valence-electron chi connectivity index (χ3n) is 4.95. The molecule has 0 fully saturated rings. The molecule has 0 aromatic heterocycles. The summed E-state index contributed by atoms with van der Waals surface area (Å²) in [6.07, 6.45) is 0.859. The molecule has 0 aliphatic rings. The first-order chi connectivity index (χ1) is 15.5. The average molecular weight is 504 g/mol. The zero-order valence-corrected chi connectivity index (χ0v) is 20.0. The second-order valence-corrected chi connectivity index (χ2v) is 7.99. The van der Waals surface area contributed by atoms with Crippen molar-refractivity contribution in [2.24, 2.45) is 0 Å². The third-order valence-corrected chi connectivity index (χ3v) is 5.54. The number of methoxy groups -OCH3 is 3. The van der Waals surface area contributed by atoms with Crippen LogP contribution in [0.2, 0.25) is 0 Å². The summed E-state index contributed by atoms with van der Waals surface area (Å²) in [5, 5.41) is 3.45. The highest BCUT2D eigenvalue weighted by atomic mass is 79.9. The first-order valence-electron chi connectivity index (χ1n) is 10.2. The third kappa shape index (κ3) is 6.37. The van der Waals surface area contributed by atoms with Crippen molar-refractivity contribution >= 4 is 15.9 Å². The Hall–Kier alpha value is -2.77. The maximum absolute atomic E-state index is 13.1. The molecule has 0 spiro atoms. The average Bonchev–Trinajstić information content (AvgIpc) is 2.81. The lowest BCUT2D eigenvalue weighted by atomic mass is 10.1. The van der Waals surface area contributed by atoms with Crippen LogP contribution in [0.5, 0.6) is 23.0 Å². The monoisotopic (exact) mass is 503 g/mol. The number of rotatable bonds is 11. The Labute approximate surface area is 196 Å². The van der Waals surface area contributed by atoms with Gasteiger partial charge in [0.05, 0.1) is 25.8 Å². The van der Waals surface area contributed by atoms with Gasteiger partial charge in [0.25, 0.3) is 0 Å². The van der Waals surface area contributed by atoms with E-state index in [1.165, 1.54) is 17.7 Å². The van der Waals surface area contributed by atoms with Crippen molar-refractivity contribution in [1.29, 1.82) is 0 Å². The van der Waals surface area contributed by atoms with Gasteiger partial charge in [-0.1, -0.05) is 18.2 Å². The lowest BCUT2D eigenvalue weighted by molar-refractivity contribution is 0.282. The highest BCUT2D eigenvalue weighted by molar-refractivity contribution is 9.10. The molecule has 3 rings (SSSR count). The quantitative estimate of drug-likeness (QED) is 0.349. The topological polar surface area (TPSA) is 49.0 Å². The molecule has 32 heavy (non-hydrogen) atoms. The zero-order valence-electron chi connectivity index (χ0n) is 18.4. The van der Waals surface area contributed by atoms with Crippen molar-refractivity contribution in [3.8, 4) is 23.0 Å². The molecule has 0 saturated carbocycles. The van der Waals surface area contributed by atoms with Gasteiger partial charge in [0.2, 0.25) is 0 Å². The van der Waals surface area contributed by atoms with Crippen LogP contribution >= 0.6 is 15.9 Å². The lowest BCUT2D eigenvalue weighted by Crippen LogP contribution is -2.17. The van der Waals surface area contributed by atoms with Crippen LogP contribution in [0.25, 0.3) is 0 Å². The molecule has 3 aromatic rings. The summed E-state index contributed by atoms with van der Waals surface area (Å²) in [6.45, 7) is 1.80. The molecule has 5 nitrogen and oxygen atoms in total. The van der Waals surface area contributed by atoms with Crippen LogP contribution in [0.15, 0.2) is 59.1 Å². The van der Waals surface area contributed by atoms with E-state index in [-0.39, 0.29) is 5.82 Å². The molecule has 7 heteroatoms. The van der Waals surface area contributed by atoms with Crippen molar-refractivity contribution in [3.63, 3.8) is 0 Å². The standard InChI is InChI=1S/C25H27BrFNO4/c1-29-22-9-6-17(13-23(22)30-2)10-11-28-15-19-12-21(26)25(24(14-19)31-3)32-16-18-4-7-20(27)8-5-18/h4-9,12-14,28H,10-11,15-16H2,1-3H3. The van der Waals surface area contributed by atoms with Crippen LogP contribution in [-0.2, 0) is 19.6 Å². The van der Waals surface area contributed by atoms with E-state index in [1.807, 2.05) is 30.3 Å². The Balaban J connectivity index is 1.56. The van der Waals surface area contributed by atoms with Gasteiger partial charge in [-0.15, -0.1) is 0 Å². The van der Waals surface area contributed by atoms with Crippen molar-refractivity contribution in [2.45, 2.75) is 19.6 Å². The van der Waals surface area contributed by atoms with E-state index in [2.05, 4.69) is 21.2 Å².